The van der Waals surface area contributed by atoms with Gasteiger partial charge >= 0.3 is 0 Å². The van der Waals surface area contributed by atoms with E-state index in [2.05, 4.69) is 5.32 Å². The van der Waals surface area contributed by atoms with Gasteiger partial charge in [-0.1, -0.05) is 6.42 Å². The zero-order valence-corrected chi connectivity index (χ0v) is 15.7. The number of carbonyl (C=O) groups is 2. The van der Waals surface area contributed by atoms with Crippen molar-refractivity contribution in [2.24, 2.45) is 5.73 Å². The minimum atomic E-state index is -0.494. The van der Waals surface area contributed by atoms with E-state index < -0.39 is 5.91 Å². The van der Waals surface area contributed by atoms with Gasteiger partial charge in [-0.2, -0.15) is 0 Å². The first-order valence-electron chi connectivity index (χ1n) is 8.53. The van der Waals surface area contributed by atoms with Crippen molar-refractivity contribution in [1.82, 2.24) is 0 Å². The molecule has 6 nitrogen and oxygen atoms in total. The van der Waals surface area contributed by atoms with Crippen LogP contribution in [0.25, 0.3) is 0 Å². The molecule has 2 aromatic rings. The molecule has 1 heterocycles. The summed E-state index contributed by atoms with van der Waals surface area (Å²) in [5.74, 6) is 0.207. The molecule has 3 N–H and O–H groups in total. The molecule has 0 fully saturated rings. The molecule has 26 heavy (non-hydrogen) atoms. The summed E-state index contributed by atoms with van der Waals surface area (Å²) in [5, 5.41) is 3.39. The lowest BCUT2D eigenvalue weighted by molar-refractivity contribution is 0.100. The first-order chi connectivity index (χ1) is 12.5. The summed E-state index contributed by atoms with van der Waals surface area (Å²) >= 11 is 1.46. The fourth-order valence-corrected chi connectivity index (χ4v) is 4.53. The van der Waals surface area contributed by atoms with Gasteiger partial charge < -0.3 is 20.5 Å². The van der Waals surface area contributed by atoms with Crippen LogP contribution in [0.15, 0.2) is 18.2 Å². The largest absolute Gasteiger partial charge is 0.493 e. The van der Waals surface area contributed by atoms with Crippen molar-refractivity contribution in [1.29, 1.82) is 0 Å². The number of primary amides is 1. The van der Waals surface area contributed by atoms with E-state index in [0.29, 0.717) is 27.6 Å². The molecule has 0 spiro atoms. The molecular weight excluding hydrogens is 352 g/mol. The van der Waals surface area contributed by atoms with Gasteiger partial charge in [0.15, 0.2) is 11.5 Å². The van der Waals surface area contributed by atoms with Crippen LogP contribution in [-0.4, -0.2) is 26.0 Å². The Morgan fingerprint density at radius 3 is 2.50 bits per heavy atom. The molecule has 0 saturated carbocycles. The number of benzene rings is 1. The summed E-state index contributed by atoms with van der Waals surface area (Å²) in [5.41, 5.74) is 7.49. The smallest absolute Gasteiger partial charge is 0.256 e. The zero-order valence-electron chi connectivity index (χ0n) is 14.9. The maximum atomic E-state index is 12.7. The van der Waals surface area contributed by atoms with Crippen LogP contribution in [0.3, 0.4) is 0 Å². The molecule has 1 aliphatic carbocycles. The maximum absolute atomic E-state index is 12.7. The summed E-state index contributed by atoms with van der Waals surface area (Å²) in [6, 6.07) is 4.93. The number of methoxy groups -OCH3 is 2. The topological polar surface area (TPSA) is 90.6 Å². The van der Waals surface area contributed by atoms with Crippen molar-refractivity contribution >= 4 is 28.2 Å². The molecule has 0 saturated heterocycles. The fraction of sp³-hybridized carbons (Fsp3) is 0.368. The average Bonchev–Trinajstić information content (AvgIpc) is 2.81. The highest BCUT2D eigenvalue weighted by atomic mass is 32.1. The summed E-state index contributed by atoms with van der Waals surface area (Å²) in [6.07, 6.45) is 5.03. The first kappa shape index (κ1) is 18.3. The van der Waals surface area contributed by atoms with Gasteiger partial charge in [0.1, 0.15) is 5.00 Å². The number of nitrogens with one attached hydrogen (secondary N) is 1. The highest BCUT2D eigenvalue weighted by Gasteiger charge is 2.24. The number of hydrogen-bond donors (Lipinski definition) is 2. The second-order valence-corrected chi connectivity index (χ2v) is 7.26. The van der Waals surface area contributed by atoms with Gasteiger partial charge in [0.05, 0.1) is 19.8 Å². The van der Waals surface area contributed by atoms with Gasteiger partial charge in [-0.15, -0.1) is 11.3 Å². The lowest BCUT2D eigenvalue weighted by atomic mass is 10.1. The predicted molar refractivity (Wildman–Crippen MR) is 102 cm³/mol. The lowest BCUT2D eigenvalue weighted by Crippen LogP contribution is -2.18. The van der Waals surface area contributed by atoms with E-state index in [1.165, 1.54) is 25.6 Å². The molecule has 0 aliphatic heterocycles. The Morgan fingerprint density at radius 2 is 1.81 bits per heavy atom. The standard InChI is InChI=1S/C19H22N2O4S/c1-24-13-9-8-11(10-14(13)25-2)18(23)21-19-16(17(20)22)12-6-4-3-5-7-15(12)26-19/h8-10H,3-7H2,1-2H3,(H2,20,22)(H,21,23). The molecule has 1 aliphatic rings. The van der Waals surface area contributed by atoms with E-state index in [1.54, 1.807) is 18.2 Å². The van der Waals surface area contributed by atoms with E-state index in [1.807, 2.05) is 0 Å². The van der Waals surface area contributed by atoms with Gasteiger partial charge in [-0.05, 0) is 49.4 Å². The van der Waals surface area contributed by atoms with Crippen LogP contribution in [-0.2, 0) is 12.8 Å². The van der Waals surface area contributed by atoms with Gasteiger partial charge in [0.25, 0.3) is 11.8 Å². The molecule has 2 amide bonds. The van der Waals surface area contributed by atoms with E-state index >= 15 is 0 Å². The van der Waals surface area contributed by atoms with Crippen LogP contribution < -0.4 is 20.5 Å². The fourth-order valence-electron chi connectivity index (χ4n) is 3.24. The number of thiophene rings is 1. The number of rotatable bonds is 5. The predicted octanol–water partition coefficient (Wildman–Crippen LogP) is 3.39. The number of fused-ring (bicyclic) bond motifs is 1. The SMILES string of the molecule is COc1ccc(C(=O)Nc2sc3c(c2C(N)=O)CCCCC3)cc1OC. The highest BCUT2D eigenvalue weighted by molar-refractivity contribution is 7.17. The van der Waals surface area contributed by atoms with Crippen molar-refractivity contribution in [3.05, 3.63) is 39.8 Å². The Labute approximate surface area is 156 Å². The second kappa shape index (κ2) is 7.78. The molecule has 0 radical (unpaired) electrons. The normalized spacial score (nSPS) is 13.5. The Morgan fingerprint density at radius 1 is 1.08 bits per heavy atom. The molecule has 1 aromatic heterocycles. The quantitative estimate of drug-likeness (QED) is 0.785. The first-order valence-corrected chi connectivity index (χ1v) is 9.34. The third kappa shape index (κ3) is 3.53. The van der Waals surface area contributed by atoms with E-state index in [-0.39, 0.29) is 5.91 Å². The molecule has 138 valence electrons. The Balaban J connectivity index is 1.91. The summed E-state index contributed by atoms with van der Waals surface area (Å²) in [4.78, 5) is 25.8. The second-order valence-electron chi connectivity index (χ2n) is 6.16. The Hall–Kier alpha value is -2.54. The van der Waals surface area contributed by atoms with Crippen molar-refractivity contribution < 1.29 is 19.1 Å². The molecule has 0 atom stereocenters. The van der Waals surface area contributed by atoms with Crippen LogP contribution in [0, 0.1) is 0 Å². The third-order valence-electron chi connectivity index (χ3n) is 4.54. The molecular formula is C19H22N2O4S. The third-order valence-corrected chi connectivity index (χ3v) is 5.75. The Kier molecular flexibility index (Phi) is 5.46. The molecule has 0 unspecified atom stereocenters. The lowest BCUT2D eigenvalue weighted by Gasteiger charge is -2.10. The van der Waals surface area contributed by atoms with Crippen LogP contribution in [0.1, 0.15) is 50.4 Å². The molecule has 1 aromatic carbocycles. The summed E-state index contributed by atoms with van der Waals surface area (Å²) < 4.78 is 10.4. The maximum Gasteiger partial charge on any atom is 0.256 e. The molecule has 0 bridgehead atoms. The number of ether oxygens (including phenoxy) is 2. The average molecular weight is 374 g/mol. The summed E-state index contributed by atoms with van der Waals surface area (Å²) in [6.45, 7) is 0. The number of anilines is 1. The number of hydrogen-bond acceptors (Lipinski definition) is 5. The number of amides is 2. The number of aryl methyl sites for hydroxylation is 1. The Bertz CT molecular complexity index is 844. The van der Waals surface area contributed by atoms with Gasteiger partial charge in [-0.3, -0.25) is 9.59 Å². The van der Waals surface area contributed by atoms with Crippen molar-refractivity contribution in [2.75, 3.05) is 19.5 Å². The van der Waals surface area contributed by atoms with E-state index in [9.17, 15) is 9.59 Å². The van der Waals surface area contributed by atoms with Crippen LogP contribution in [0.2, 0.25) is 0 Å². The minimum absolute atomic E-state index is 0.315. The highest BCUT2D eigenvalue weighted by Crippen LogP contribution is 2.37. The van der Waals surface area contributed by atoms with Crippen LogP contribution in [0.5, 0.6) is 11.5 Å². The minimum Gasteiger partial charge on any atom is -0.493 e. The summed E-state index contributed by atoms with van der Waals surface area (Å²) in [7, 11) is 3.05. The van der Waals surface area contributed by atoms with E-state index in [0.717, 1.165) is 42.5 Å². The van der Waals surface area contributed by atoms with Crippen molar-refractivity contribution in [3.63, 3.8) is 0 Å². The van der Waals surface area contributed by atoms with Gasteiger partial charge in [-0.25, -0.2) is 0 Å². The number of carbonyl (C=O) groups excluding carboxylic acids is 2. The zero-order chi connectivity index (χ0) is 18.7. The number of nitrogens with two attached hydrogens (primary N) is 1. The molecule has 3 rings (SSSR count). The van der Waals surface area contributed by atoms with E-state index in [4.69, 9.17) is 15.2 Å². The molecule has 7 heteroatoms. The monoisotopic (exact) mass is 374 g/mol. The van der Waals surface area contributed by atoms with Gasteiger partial charge in [0.2, 0.25) is 0 Å². The van der Waals surface area contributed by atoms with Crippen LogP contribution in [0.4, 0.5) is 5.00 Å². The van der Waals surface area contributed by atoms with Crippen molar-refractivity contribution in [2.45, 2.75) is 32.1 Å². The van der Waals surface area contributed by atoms with Crippen LogP contribution >= 0.6 is 11.3 Å². The van der Waals surface area contributed by atoms with Crippen molar-refractivity contribution in [3.8, 4) is 11.5 Å². The van der Waals surface area contributed by atoms with Gasteiger partial charge in [0, 0.05) is 10.4 Å².